The second-order valence-electron chi connectivity index (χ2n) is 2.71. The van der Waals surface area contributed by atoms with E-state index >= 15 is 0 Å². The van der Waals surface area contributed by atoms with Crippen molar-refractivity contribution in [3.8, 4) is 5.75 Å². The van der Waals surface area contributed by atoms with Crippen LogP contribution in [0.2, 0.25) is 0 Å². The fraction of sp³-hybridized carbons (Fsp3) is 0.167. The number of nitro groups is 1. The molecule has 94 valence electrons. The molecular weight excluding hydrogens is 286 g/mol. The zero-order valence-corrected chi connectivity index (χ0v) is 9.24. The summed E-state index contributed by atoms with van der Waals surface area (Å²) in [4.78, 5) is 10.6. The summed E-state index contributed by atoms with van der Waals surface area (Å²) in [5.74, 6) is -2.56. The molecule has 0 aromatic carbocycles. The molecular formula is C6H3ClF2N2O5S. The van der Waals surface area contributed by atoms with Gasteiger partial charge in [-0.15, -0.1) is 0 Å². The summed E-state index contributed by atoms with van der Waals surface area (Å²) in [6.45, 7) is 0. The third kappa shape index (κ3) is 2.58. The predicted octanol–water partition coefficient (Wildman–Crippen LogP) is 1.56. The van der Waals surface area contributed by atoms with Crippen LogP contribution < -0.4 is 0 Å². The Kier molecular flexibility index (Phi) is 3.48. The van der Waals surface area contributed by atoms with E-state index in [0.29, 0.717) is 6.20 Å². The maximum Gasteiger partial charge on any atom is 0.384 e. The van der Waals surface area contributed by atoms with Gasteiger partial charge in [-0.1, -0.05) is 0 Å². The number of aromatic hydroxyl groups is 1. The summed E-state index contributed by atoms with van der Waals surface area (Å²) in [5, 5.41) is 19.5. The van der Waals surface area contributed by atoms with Gasteiger partial charge in [0.15, 0.2) is 16.8 Å². The lowest BCUT2D eigenvalue weighted by molar-refractivity contribution is -0.392. The quantitative estimate of drug-likeness (QED) is 0.513. The molecule has 1 rings (SSSR count). The molecule has 0 spiro atoms. The summed E-state index contributed by atoms with van der Waals surface area (Å²) in [6.07, 6.45) is -3.11. The van der Waals surface area contributed by atoms with Crippen LogP contribution in [0.15, 0.2) is 11.1 Å². The van der Waals surface area contributed by atoms with E-state index < -0.39 is 42.4 Å². The molecule has 0 saturated carbocycles. The molecule has 0 fully saturated rings. The van der Waals surface area contributed by atoms with Crippen LogP contribution in [0.5, 0.6) is 5.75 Å². The zero-order valence-electron chi connectivity index (χ0n) is 7.67. The molecule has 0 aliphatic heterocycles. The molecule has 0 atom stereocenters. The Morgan fingerprint density at radius 3 is 2.41 bits per heavy atom. The maximum absolute atomic E-state index is 12.5. The first kappa shape index (κ1) is 13.5. The van der Waals surface area contributed by atoms with E-state index in [1.54, 1.807) is 0 Å². The second-order valence-corrected chi connectivity index (χ2v) is 5.21. The van der Waals surface area contributed by atoms with Gasteiger partial charge in [-0.25, -0.2) is 17.2 Å². The second kappa shape index (κ2) is 4.37. The molecule has 1 aromatic heterocycles. The van der Waals surface area contributed by atoms with Crippen LogP contribution in [0.25, 0.3) is 0 Å². The molecule has 0 aliphatic rings. The van der Waals surface area contributed by atoms with Crippen LogP contribution in [0, 0.1) is 10.1 Å². The summed E-state index contributed by atoms with van der Waals surface area (Å²) >= 11 is 0. The minimum absolute atomic E-state index is 0.352. The van der Waals surface area contributed by atoms with E-state index in [0.717, 1.165) is 0 Å². The van der Waals surface area contributed by atoms with Crippen molar-refractivity contribution in [3.05, 3.63) is 21.9 Å². The van der Waals surface area contributed by atoms with Crippen molar-refractivity contribution < 1.29 is 27.2 Å². The highest BCUT2D eigenvalue weighted by Crippen LogP contribution is 2.39. The molecule has 0 amide bonds. The van der Waals surface area contributed by atoms with Crippen LogP contribution in [0.1, 0.15) is 12.0 Å². The van der Waals surface area contributed by atoms with Gasteiger partial charge in [0.05, 0.1) is 5.56 Å². The Hall–Kier alpha value is -1.55. The van der Waals surface area contributed by atoms with Crippen LogP contribution in [0.4, 0.5) is 14.6 Å². The highest BCUT2D eigenvalue weighted by Gasteiger charge is 2.35. The molecule has 0 bridgehead atoms. The van der Waals surface area contributed by atoms with E-state index in [-0.39, 0.29) is 0 Å². The predicted molar refractivity (Wildman–Crippen MR) is 50.6 cm³/mol. The van der Waals surface area contributed by atoms with Crippen molar-refractivity contribution in [3.63, 3.8) is 0 Å². The number of rotatable bonds is 3. The molecule has 0 saturated heterocycles. The normalized spacial score (nSPS) is 11.8. The average molecular weight is 289 g/mol. The average Bonchev–Trinajstić information content (AvgIpc) is 2.14. The number of nitrogens with zero attached hydrogens (tertiary/aromatic N) is 2. The smallest absolute Gasteiger partial charge is 0.384 e. The lowest BCUT2D eigenvalue weighted by atomic mass is 10.2. The van der Waals surface area contributed by atoms with Crippen molar-refractivity contribution in [1.29, 1.82) is 0 Å². The standard InChI is InChI=1S/C6H3ClF2N2O5S/c7-17(15,16)4-3(5(8)9)2(12)1-10-6(4)11(13)14/h1,5,12H. The van der Waals surface area contributed by atoms with Crippen molar-refractivity contribution >= 4 is 25.6 Å². The van der Waals surface area contributed by atoms with Crippen LogP contribution in [-0.4, -0.2) is 23.4 Å². The topological polar surface area (TPSA) is 110 Å². The van der Waals surface area contributed by atoms with Gasteiger partial charge in [0, 0.05) is 10.7 Å². The molecule has 1 N–H and O–H groups in total. The first-order valence-corrected chi connectivity index (χ1v) is 6.06. The van der Waals surface area contributed by atoms with E-state index in [1.807, 2.05) is 0 Å². The minimum atomic E-state index is -4.85. The highest BCUT2D eigenvalue weighted by molar-refractivity contribution is 8.13. The maximum atomic E-state index is 12.5. The highest BCUT2D eigenvalue weighted by atomic mass is 35.7. The van der Waals surface area contributed by atoms with Gasteiger partial charge in [0.1, 0.15) is 0 Å². The number of halogens is 3. The van der Waals surface area contributed by atoms with E-state index in [4.69, 9.17) is 15.8 Å². The van der Waals surface area contributed by atoms with Gasteiger partial charge < -0.3 is 15.2 Å². The number of aromatic nitrogens is 1. The monoisotopic (exact) mass is 288 g/mol. The molecule has 1 heterocycles. The van der Waals surface area contributed by atoms with E-state index in [9.17, 15) is 27.3 Å². The number of hydrogen-bond donors (Lipinski definition) is 1. The fourth-order valence-electron chi connectivity index (χ4n) is 1.07. The van der Waals surface area contributed by atoms with E-state index in [2.05, 4.69) is 4.98 Å². The van der Waals surface area contributed by atoms with Gasteiger partial charge in [-0.05, 0) is 9.91 Å². The molecule has 0 radical (unpaired) electrons. The molecule has 11 heteroatoms. The fourth-order valence-corrected chi connectivity index (χ4v) is 2.33. The number of pyridine rings is 1. The first-order valence-electron chi connectivity index (χ1n) is 3.75. The molecule has 7 nitrogen and oxygen atoms in total. The molecule has 0 aliphatic carbocycles. The van der Waals surface area contributed by atoms with Crippen molar-refractivity contribution in [2.24, 2.45) is 0 Å². The Morgan fingerprint density at radius 1 is 1.53 bits per heavy atom. The van der Waals surface area contributed by atoms with Crippen LogP contribution in [0.3, 0.4) is 0 Å². The minimum Gasteiger partial charge on any atom is -0.504 e. The summed E-state index contributed by atoms with van der Waals surface area (Å²) < 4.78 is 47.1. The Morgan fingerprint density at radius 2 is 2.06 bits per heavy atom. The van der Waals surface area contributed by atoms with Gasteiger partial charge in [0.25, 0.3) is 15.5 Å². The molecule has 17 heavy (non-hydrogen) atoms. The summed E-state index contributed by atoms with van der Waals surface area (Å²) in [6, 6.07) is 0. The SMILES string of the molecule is O=[N+]([O-])c1ncc(O)c(C(F)F)c1S(=O)(=O)Cl. The Bertz CT molecular complexity index is 576. The third-order valence-electron chi connectivity index (χ3n) is 1.67. The van der Waals surface area contributed by atoms with Gasteiger partial charge >= 0.3 is 5.82 Å². The van der Waals surface area contributed by atoms with Crippen molar-refractivity contribution in [2.75, 3.05) is 0 Å². The van der Waals surface area contributed by atoms with Crippen molar-refractivity contribution in [1.82, 2.24) is 4.98 Å². The first-order chi connectivity index (χ1) is 7.66. The largest absolute Gasteiger partial charge is 0.504 e. The lowest BCUT2D eigenvalue weighted by Crippen LogP contribution is -2.06. The van der Waals surface area contributed by atoms with Gasteiger partial charge in [-0.3, -0.25) is 0 Å². The van der Waals surface area contributed by atoms with Gasteiger partial charge in [0.2, 0.25) is 0 Å². The number of hydrogen-bond acceptors (Lipinski definition) is 6. The molecule has 0 unspecified atom stereocenters. The lowest BCUT2D eigenvalue weighted by Gasteiger charge is -2.06. The van der Waals surface area contributed by atoms with Gasteiger partial charge in [-0.2, -0.15) is 0 Å². The third-order valence-corrected chi connectivity index (χ3v) is 3.02. The Balaban J connectivity index is 3.82. The number of alkyl halides is 2. The van der Waals surface area contributed by atoms with Crippen LogP contribution >= 0.6 is 10.7 Å². The molecule has 1 aromatic rings. The van der Waals surface area contributed by atoms with E-state index in [1.165, 1.54) is 0 Å². The van der Waals surface area contributed by atoms with Crippen molar-refractivity contribution in [2.45, 2.75) is 11.3 Å². The summed E-state index contributed by atoms with van der Waals surface area (Å²) in [5.41, 5.74) is -1.44. The van der Waals surface area contributed by atoms with Crippen LogP contribution in [-0.2, 0) is 9.05 Å². The summed E-state index contributed by atoms with van der Waals surface area (Å²) in [7, 11) is -0.0363. The Labute approximate surface area is 97.2 Å². The zero-order chi connectivity index (χ0) is 13.4.